The standard InChI is InChI=1S/C12H11NO3/c14-12-10(7-8-13(15)16)6-5-9-3-1-2-4-11(9)12/h1-4,7H,5-6,8H2. The van der Waals surface area contributed by atoms with Crippen LogP contribution in [-0.2, 0) is 6.42 Å². The molecule has 0 amide bonds. The molecule has 0 heterocycles. The van der Waals surface area contributed by atoms with Crippen molar-refractivity contribution >= 4 is 5.78 Å². The number of rotatable bonds is 2. The molecule has 16 heavy (non-hydrogen) atoms. The number of benzene rings is 1. The van der Waals surface area contributed by atoms with Crippen molar-refractivity contribution in [3.63, 3.8) is 0 Å². The molecule has 0 N–H and O–H groups in total. The van der Waals surface area contributed by atoms with Gasteiger partial charge in [-0.1, -0.05) is 24.3 Å². The number of carbonyl (C=O) groups is 1. The second-order valence-electron chi connectivity index (χ2n) is 3.73. The number of carbonyl (C=O) groups excluding carboxylic acids is 1. The van der Waals surface area contributed by atoms with Crippen molar-refractivity contribution < 1.29 is 9.72 Å². The van der Waals surface area contributed by atoms with Crippen LogP contribution in [0.4, 0.5) is 0 Å². The normalized spacial score (nSPS) is 17.2. The molecule has 0 bridgehead atoms. The highest BCUT2D eigenvalue weighted by molar-refractivity contribution is 6.10. The third-order valence-corrected chi connectivity index (χ3v) is 2.70. The SMILES string of the molecule is O=C1C(=CC[N+](=O)[O-])CCc2ccccc21. The summed E-state index contributed by atoms with van der Waals surface area (Å²) in [5.41, 5.74) is 2.28. The van der Waals surface area contributed by atoms with Gasteiger partial charge in [0.2, 0.25) is 6.54 Å². The molecule has 0 saturated heterocycles. The van der Waals surface area contributed by atoms with E-state index in [1.807, 2.05) is 18.2 Å². The molecule has 82 valence electrons. The second-order valence-corrected chi connectivity index (χ2v) is 3.73. The van der Waals surface area contributed by atoms with Gasteiger partial charge in [-0.3, -0.25) is 14.9 Å². The van der Waals surface area contributed by atoms with Gasteiger partial charge in [0.15, 0.2) is 5.78 Å². The van der Waals surface area contributed by atoms with Gasteiger partial charge in [-0.15, -0.1) is 0 Å². The quantitative estimate of drug-likeness (QED) is 0.432. The molecular weight excluding hydrogens is 206 g/mol. The Morgan fingerprint density at radius 3 is 2.81 bits per heavy atom. The molecule has 4 heteroatoms. The number of ketones is 1. The maximum Gasteiger partial charge on any atom is 0.222 e. The Bertz CT molecular complexity index is 477. The smallest absolute Gasteiger partial charge is 0.222 e. The van der Waals surface area contributed by atoms with Crippen molar-refractivity contribution in [1.82, 2.24) is 0 Å². The van der Waals surface area contributed by atoms with E-state index in [1.54, 1.807) is 6.07 Å². The van der Waals surface area contributed by atoms with Crippen LogP contribution in [0.25, 0.3) is 0 Å². The van der Waals surface area contributed by atoms with E-state index in [9.17, 15) is 14.9 Å². The van der Waals surface area contributed by atoms with Crippen LogP contribution in [0, 0.1) is 10.1 Å². The van der Waals surface area contributed by atoms with Crippen LogP contribution >= 0.6 is 0 Å². The minimum atomic E-state index is -0.430. The number of hydrogen-bond donors (Lipinski definition) is 0. The van der Waals surface area contributed by atoms with E-state index < -0.39 is 4.92 Å². The number of aryl methyl sites for hydroxylation is 1. The van der Waals surface area contributed by atoms with Crippen molar-refractivity contribution in [3.05, 3.63) is 57.2 Å². The first-order chi connectivity index (χ1) is 7.68. The zero-order valence-electron chi connectivity index (χ0n) is 8.68. The first-order valence-electron chi connectivity index (χ1n) is 5.12. The first kappa shape index (κ1) is 10.5. The number of allylic oxidation sites excluding steroid dienone is 1. The molecule has 0 unspecified atom stereocenters. The van der Waals surface area contributed by atoms with E-state index in [-0.39, 0.29) is 12.3 Å². The second kappa shape index (κ2) is 4.26. The van der Waals surface area contributed by atoms with Gasteiger partial charge in [-0.2, -0.15) is 0 Å². The van der Waals surface area contributed by atoms with E-state index in [1.165, 1.54) is 6.08 Å². The fourth-order valence-corrected chi connectivity index (χ4v) is 1.90. The maximum atomic E-state index is 11.9. The summed E-state index contributed by atoms with van der Waals surface area (Å²) in [5.74, 6) is -0.0660. The summed E-state index contributed by atoms with van der Waals surface area (Å²) in [7, 11) is 0. The van der Waals surface area contributed by atoms with Crippen LogP contribution in [0.15, 0.2) is 35.9 Å². The number of Topliss-reactive ketones (excluding diaryl/α,β-unsaturated/α-hetero) is 1. The van der Waals surface area contributed by atoms with Gasteiger partial charge in [0, 0.05) is 16.1 Å². The lowest BCUT2D eigenvalue weighted by molar-refractivity contribution is -0.468. The molecule has 0 radical (unpaired) electrons. The first-order valence-corrected chi connectivity index (χ1v) is 5.12. The lowest BCUT2D eigenvalue weighted by atomic mass is 9.87. The summed E-state index contributed by atoms with van der Waals surface area (Å²) in [6.07, 6.45) is 2.81. The summed E-state index contributed by atoms with van der Waals surface area (Å²) in [6, 6.07) is 7.42. The number of hydrogen-bond acceptors (Lipinski definition) is 3. The van der Waals surface area contributed by atoms with Crippen molar-refractivity contribution in [3.8, 4) is 0 Å². The predicted octanol–water partition coefficient (Wildman–Crippen LogP) is 2.02. The minimum absolute atomic E-state index is 0.0660. The molecule has 1 aliphatic rings. The zero-order valence-corrected chi connectivity index (χ0v) is 8.68. The minimum Gasteiger partial charge on any atom is -0.289 e. The molecule has 0 atom stereocenters. The van der Waals surface area contributed by atoms with Crippen molar-refractivity contribution in [1.29, 1.82) is 0 Å². The highest BCUT2D eigenvalue weighted by Crippen LogP contribution is 2.24. The molecule has 0 aromatic heterocycles. The molecular formula is C12H11NO3. The summed E-state index contributed by atoms with van der Waals surface area (Å²) >= 11 is 0. The number of fused-ring (bicyclic) bond motifs is 1. The van der Waals surface area contributed by atoms with Crippen LogP contribution in [-0.4, -0.2) is 17.3 Å². The van der Waals surface area contributed by atoms with Crippen LogP contribution in [0.2, 0.25) is 0 Å². The van der Waals surface area contributed by atoms with Gasteiger partial charge in [0.1, 0.15) is 0 Å². The van der Waals surface area contributed by atoms with Crippen molar-refractivity contribution in [2.45, 2.75) is 12.8 Å². The molecule has 0 fully saturated rings. The fraction of sp³-hybridized carbons (Fsp3) is 0.250. The average molecular weight is 217 g/mol. The highest BCUT2D eigenvalue weighted by Gasteiger charge is 2.21. The molecule has 1 aliphatic carbocycles. The summed E-state index contributed by atoms with van der Waals surface area (Å²) in [6.45, 7) is -0.275. The lowest BCUT2D eigenvalue weighted by Gasteiger charge is -2.16. The molecule has 0 saturated carbocycles. The largest absolute Gasteiger partial charge is 0.289 e. The molecule has 0 aliphatic heterocycles. The Kier molecular flexibility index (Phi) is 2.81. The van der Waals surface area contributed by atoms with Gasteiger partial charge in [-0.25, -0.2) is 0 Å². The highest BCUT2D eigenvalue weighted by atomic mass is 16.6. The van der Waals surface area contributed by atoms with E-state index >= 15 is 0 Å². The Morgan fingerprint density at radius 2 is 2.06 bits per heavy atom. The molecule has 0 spiro atoms. The number of nitrogens with zero attached hydrogens (tertiary/aromatic N) is 1. The monoisotopic (exact) mass is 217 g/mol. The Hall–Kier alpha value is -1.97. The zero-order chi connectivity index (χ0) is 11.5. The molecule has 4 nitrogen and oxygen atoms in total. The van der Waals surface area contributed by atoms with E-state index in [2.05, 4.69) is 0 Å². The van der Waals surface area contributed by atoms with E-state index in [4.69, 9.17) is 0 Å². The van der Waals surface area contributed by atoms with Crippen LogP contribution in [0.3, 0.4) is 0 Å². The Labute approximate surface area is 92.7 Å². The summed E-state index contributed by atoms with van der Waals surface area (Å²) < 4.78 is 0. The Morgan fingerprint density at radius 1 is 1.31 bits per heavy atom. The average Bonchev–Trinajstić information content (AvgIpc) is 2.28. The van der Waals surface area contributed by atoms with Gasteiger partial charge in [0.05, 0.1) is 0 Å². The predicted molar refractivity (Wildman–Crippen MR) is 59.0 cm³/mol. The van der Waals surface area contributed by atoms with E-state index in [0.29, 0.717) is 17.6 Å². The Balaban J connectivity index is 2.28. The lowest BCUT2D eigenvalue weighted by Crippen LogP contribution is -2.15. The summed E-state index contributed by atoms with van der Waals surface area (Å²) in [5, 5.41) is 10.2. The third kappa shape index (κ3) is 2.00. The molecule has 1 aromatic rings. The topological polar surface area (TPSA) is 60.2 Å². The van der Waals surface area contributed by atoms with Gasteiger partial charge < -0.3 is 0 Å². The van der Waals surface area contributed by atoms with Gasteiger partial charge in [0.25, 0.3) is 0 Å². The van der Waals surface area contributed by atoms with Crippen molar-refractivity contribution in [2.75, 3.05) is 6.54 Å². The van der Waals surface area contributed by atoms with Crippen LogP contribution in [0.5, 0.6) is 0 Å². The summed E-state index contributed by atoms with van der Waals surface area (Å²) in [4.78, 5) is 21.8. The van der Waals surface area contributed by atoms with E-state index in [0.717, 1.165) is 12.0 Å². The van der Waals surface area contributed by atoms with Crippen molar-refractivity contribution in [2.24, 2.45) is 0 Å². The third-order valence-electron chi connectivity index (χ3n) is 2.70. The van der Waals surface area contributed by atoms with Gasteiger partial charge in [-0.05, 0) is 24.5 Å². The number of nitro groups is 1. The molecule has 2 rings (SSSR count). The fourth-order valence-electron chi connectivity index (χ4n) is 1.90. The van der Waals surface area contributed by atoms with Gasteiger partial charge >= 0.3 is 0 Å². The molecule has 1 aromatic carbocycles. The maximum absolute atomic E-state index is 11.9. The van der Waals surface area contributed by atoms with Crippen LogP contribution in [0.1, 0.15) is 22.3 Å². The van der Waals surface area contributed by atoms with Crippen LogP contribution < -0.4 is 0 Å².